The first-order valence-corrected chi connectivity index (χ1v) is 11.3. The standard InChI is InChI=1S/C17H17ClN4O4S2/c1-12-17(11-22(2)19-12)28(25,26)21-15-7-9-16(10-8-15)27(23,24)20-14-5-3-13(18)4-6-14/h3-11,20-21H,1-2H3. The van der Waals surface area contributed by atoms with E-state index in [1.807, 2.05) is 0 Å². The SMILES string of the molecule is Cc1nn(C)cc1S(=O)(=O)Nc1ccc(S(=O)(=O)Nc2ccc(Cl)cc2)cc1. The van der Waals surface area contributed by atoms with Crippen molar-refractivity contribution in [1.82, 2.24) is 9.78 Å². The first-order chi connectivity index (χ1) is 13.1. The summed E-state index contributed by atoms with van der Waals surface area (Å²) in [6.45, 7) is 1.59. The molecule has 0 aliphatic rings. The maximum absolute atomic E-state index is 12.5. The Labute approximate surface area is 168 Å². The maximum atomic E-state index is 12.5. The third-order valence-corrected chi connectivity index (χ3v) is 6.90. The van der Waals surface area contributed by atoms with Gasteiger partial charge in [-0.3, -0.25) is 14.1 Å². The van der Waals surface area contributed by atoms with E-state index in [0.717, 1.165) is 0 Å². The van der Waals surface area contributed by atoms with Crippen LogP contribution in [-0.4, -0.2) is 26.6 Å². The van der Waals surface area contributed by atoms with Gasteiger partial charge in [0.25, 0.3) is 20.0 Å². The normalized spacial score (nSPS) is 12.0. The second kappa shape index (κ2) is 7.46. The van der Waals surface area contributed by atoms with Crippen molar-refractivity contribution < 1.29 is 16.8 Å². The Morgan fingerprint density at radius 1 is 0.857 bits per heavy atom. The van der Waals surface area contributed by atoms with Crippen LogP contribution in [0.3, 0.4) is 0 Å². The molecule has 0 amide bonds. The summed E-state index contributed by atoms with van der Waals surface area (Å²) in [5.41, 5.74) is 0.955. The number of benzene rings is 2. The van der Waals surface area contributed by atoms with Crippen molar-refractivity contribution in [3.05, 3.63) is 65.4 Å². The summed E-state index contributed by atoms with van der Waals surface area (Å²) in [7, 11) is -6.04. The van der Waals surface area contributed by atoms with E-state index in [1.165, 1.54) is 35.1 Å². The van der Waals surface area contributed by atoms with Gasteiger partial charge in [-0.05, 0) is 55.5 Å². The molecule has 8 nitrogen and oxygen atoms in total. The number of hydrogen-bond acceptors (Lipinski definition) is 5. The minimum atomic E-state index is -3.84. The Hall–Kier alpha value is -2.56. The number of hydrogen-bond donors (Lipinski definition) is 2. The molecule has 0 atom stereocenters. The summed E-state index contributed by atoms with van der Waals surface area (Å²) < 4.78 is 56.1. The highest BCUT2D eigenvalue weighted by molar-refractivity contribution is 7.93. The van der Waals surface area contributed by atoms with Crippen LogP contribution in [0.15, 0.2) is 64.5 Å². The first kappa shape index (κ1) is 20.2. The van der Waals surface area contributed by atoms with E-state index < -0.39 is 20.0 Å². The molecule has 3 aromatic rings. The highest BCUT2D eigenvalue weighted by Crippen LogP contribution is 2.22. The fourth-order valence-corrected chi connectivity index (χ4v) is 4.95. The lowest BCUT2D eigenvalue weighted by Gasteiger charge is -2.10. The topological polar surface area (TPSA) is 110 Å². The second-order valence-corrected chi connectivity index (χ2v) is 9.76. The minimum absolute atomic E-state index is 0.0112. The van der Waals surface area contributed by atoms with Gasteiger partial charge < -0.3 is 0 Å². The number of sulfonamides is 2. The zero-order valence-corrected chi connectivity index (χ0v) is 17.3. The lowest BCUT2D eigenvalue weighted by molar-refractivity contribution is 0.599. The minimum Gasteiger partial charge on any atom is -0.280 e. The predicted molar refractivity (Wildman–Crippen MR) is 107 cm³/mol. The van der Waals surface area contributed by atoms with Gasteiger partial charge in [-0.25, -0.2) is 16.8 Å². The molecular formula is C17H17ClN4O4S2. The fourth-order valence-electron chi connectivity index (χ4n) is 2.49. The lowest BCUT2D eigenvalue weighted by atomic mass is 10.3. The lowest BCUT2D eigenvalue weighted by Crippen LogP contribution is -2.15. The number of nitrogens with one attached hydrogen (secondary N) is 2. The molecule has 0 saturated carbocycles. The number of anilines is 2. The monoisotopic (exact) mass is 440 g/mol. The van der Waals surface area contributed by atoms with Gasteiger partial charge in [-0.15, -0.1) is 0 Å². The van der Waals surface area contributed by atoms with Crippen LogP contribution in [0, 0.1) is 6.92 Å². The maximum Gasteiger partial charge on any atom is 0.265 e. The Morgan fingerprint density at radius 2 is 1.36 bits per heavy atom. The number of nitrogens with zero attached hydrogens (tertiary/aromatic N) is 2. The summed E-state index contributed by atoms with van der Waals surface area (Å²) in [6, 6.07) is 11.6. The Kier molecular flexibility index (Phi) is 5.37. The molecule has 3 rings (SSSR count). The zero-order chi connectivity index (χ0) is 20.5. The molecule has 28 heavy (non-hydrogen) atoms. The molecule has 0 aliphatic carbocycles. The van der Waals surface area contributed by atoms with Crippen molar-refractivity contribution in [2.24, 2.45) is 7.05 Å². The third kappa shape index (κ3) is 4.46. The van der Waals surface area contributed by atoms with Crippen molar-refractivity contribution in [1.29, 1.82) is 0 Å². The molecule has 0 saturated heterocycles. The third-order valence-electron chi connectivity index (χ3n) is 3.77. The molecule has 148 valence electrons. The Bertz CT molecular complexity index is 1200. The second-order valence-electron chi connectivity index (χ2n) is 5.99. The fraction of sp³-hybridized carbons (Fsp3) is 0.118. The van der Waals surface area contributed by atoms with E-state index >= 15 is 0 Å². The van der Waals surface area contributed by atoms with Gasteiger partial charge in [0.2, 0.25) is 0 Å². The molecule has 0 bridgehead atoms. The predicted octanol–water partition coefficient (Wildman–Crippen LogP) is 2.98. The van der Waals surface area contributed by atoms with Crippen LogP contribution in [0.2, 0.25) is 5.02 Å². The molecule has 0 fully saturated rings. The summed E-state index contributed by atoms with van der Waals surface area (Å²) in [5.74, 6) is 0. The van der Waals surface area contributed by atoms with E-state index in [-0.39, 0.29) is 15.5 Å². The average molecular weight is 441 g/mol. The Morgan fingerprint density at radius 3 is 1.86 bits per heavy atom. The van der Waals surface area contributed by atoms with Gasteiger partial charge in [-0.2, -0.15) is 5.10 Å². The van der Waals surface area contributed by atoms with Gasteiger partial charge in [0, 0.05) is 29.6 Å². The van der Waals surface area contributed by atoms with Crippen LogP contribution < -0.4 is 9.44 Å². The number of rotatable bonds is 6. The highest BCUT2D eigenvalue weighted by atomic mass is 35.5. The van der Waals surface area contributed by atoms with E-state index in [0.29, 0.717) is 16.4 Å². The molecule has 0 aliphatic heterocycles. The van der Waals surface area contributed by atoms with Crippen molar-refractivity contribution in [2.45, 2.75) is 16.7 Å². The molecule has 0 radical (unpaired) electrons. The van der Waals surface area contributed by atoms with Gasteiger partial charge in [-0.1, -0.05) is 11.6 Å². The van der Waals surface area contributed by atoms with Crippen LogP contribution >= 0.6 is 11.6 Å². The summed E-state index contributed by atoms with van der Waals surface area (Å²) in [6.07, 6.45) is 1.40. The van der Waals surface area contributed by atoms with Crippen molar-refractivity contribution in [3.63, 3.8) is 0 Å². The van der Waals surface area contributed by atoms with E-state index in [2.05, 4.69) is 14.5 Å². The van der Waals surface area contributed by atoms with Crippen LogP contribution in [0.4, 0.5) is 11.4 Å². The van der Waals surface area contributed by atoms with E-state index in [1.54, 1.807) is 38.2 Å². The summed E-state index contributed by atoms with van der Waals surface area (Å²) in [5, 5.41) is 4.50. The molecule has 1 aromatic heterocycles. The van der Waals surface area contributed by atoms with Gasteiger partial charge in [0.1, 0.15) is 4.90 Å². The van der Waals surface area contributed by atoms with Gasteiger partial charge in [0.05, 0.1) is 10.6 Å². The number of halogens is 1. The first-order valence-electron chi connectivity index (χ1n) is 7.98. The van der Waals surface area contributed by atoms with E-state index in [4.69, 9.17) is 11.6 Å². The number of aromatic nitrogens is 2. The number of aryl methyl sites for hydroxylation is 2. The quantitative estimate of drug-likeness (QED) is 0.612. The van der Waals surface area contributed by atoms with Gasteiger partial charge in [0.15, 0.2) is 0 Å². The molecular weight excluding hydrogens is 424 g/mol. The van der Waals surface area contributed by atoms with Crippen LogP contribution in [-0.2, 0) is 27.1 Å². The molecule has 2 aromatic carbocycles. The van der Waals surface area contributed by atoms with Gasteiger partial charge >= 0.3 is 0 Å². The molecule has 0 unspecified atom stereocenters. The molecule has 1 heterocycles. The van der Waals surface area contributed by atoms with Crippen molar-refractivity contribution in [2.75, 3.05) is 9.44 Å². The van der Waals surface area contributed by atoms with Crippen molar-refractivity contribution in [3.8, 4) is 0 Å². The molecule has 2 N–H and O–H groups in total. The largest absolute Gasteiger partial charge is 0.280 e. The zero-order valence-electron chi connectivity index (χ0n) is 14.9. The van der Waals surface area contributed by atoms with E-state index in [9.17, 15) is 16.8 Å². The summed E-state index contributed by atoms with van der Waals surface area (Å²) in [4.78, 5) is 0.0408. The average Bonchev–Trinajstić information content (AvgIpc) is 2.96. The molecule has 0 spiro atoms. The van der Waals surface area contributed by atoms with Crippen molar-refractivity contribution >= 4 is 43.0 Å². The van der Waals surface area contributed by atoms with Crippen LogP contribution in [0.5, 0.6) is 0 Å². The highest BCUT2D eigenvalue weighted by Gasteiger charge is 2.20. The smallest absolute Gasteiger partial charge is 0.265 e. The molecule has 11 heteroatoms. The van der Waals surface area contributed by atoms with Crippen LogP contribution in [0.1, 0.15) is 5.69 Å². The summed E-state index contributed by atoms with van der Waals surface area (Å²) >= 11 is 5.79. The van der Waals surface area contributed by atoms with Crippen LogP contribution in [0.25, 0.3) is 0 Å². The Balaban J connectivity index is 1.79.